The Labute approximate surface area is 130 Å². The van der Waals surface area contributed by atoms with Gasteiger partial charge in [-0.15, -0.1) is 0 Å². The maximum absolute atomic E-state index is 12.6. The molecule has 0 atom stereocenters. The Morgan fingerprint density at radius 3 is 2.41 bits per heavy atom. The summed E-state index contributed by atoms with van der Waals surface area (Å²) in [5.41, 5.74) is 0.122. The third-order valence-electron chi connectivity index (χ3n) is 2.64. The van der Waals surface area contributed by atoms with E-state index < -0.39 is 12.0 Å². The van der Waals surface area contributed by atoms with E-state index in [2.05, 4.69) is 35.9 Å². The van der Waals surface area contributed by atoms with E-state index in [0.29, 0.717) is 9.86 Å². The fraction of sp³-hybridized carbons (Fsp3) is 0.0769. The van der Waals surface area contributed by atoms with Crippen molar-refractivity contribution in [2.45, 2.75) is 6.18 Å². The van der Waals surface area contributed by atoms with Gasteiger partial charge >= 0.3 is 12.2 Å². The van der Waals surface area contributed by atoms with Gasteiger partial charge in [0, 0.05) is 18.6 Å². The molecule has 0 fully saturated rings. The molecule has 5 nitrogen and oxygen atoms in total. The number of alkyl halides is 3. The highest BCUT2D eigenvalue weighted by atomic mass is 79.9. The van der Waals surface area contributed by atoms with Gasteiger partial charge in [0.05, 0.1) is 15.4 Å². The topological polar surface area (TPSA) is 60.8 Å². The normalized spacial score (nSPS) is 11.6. The molecule has 0 radical (unpaired) electrons. The fourth-order valence-corrected chi connectivity index (χ4v) is 1.91. The summed E-state index contributed by atoms with van der Waals surface area (Å²) < 4.78 is 44.0. The van der Waals surface area contributed by atoms with Crippen LogP contribution in [0, 0.1) is 0 Å². The summed E-state index contributed by atoms with van der Waals surface area (Å²) in [7, 11) is 0. The Morgan fingerprint density at radius 2 is 1.73 bits per heavy atom. The lowest BCUT2D eigenvalue weighted by Gasteiger charge is -2.09. The van der Waals surface area contributed by atoms with Crippen LogP contribution in [0.3, 0.4) is 0 Å². The lowest BCUT2D eigenvalue weighted by Crippen LogP contribution is -2.10. The van der Waals surface area contributed by atoms with Crippen molar-refractivity contribution < 1.29 is 17.9 Å². The van der Waals surface area contributed by atoms with Crippen LogP contribution in [0.15, 0.2) is 41.3 Å². The maximum atomic E-state index is 12.6. The van der Waals surface area contributed by atoms with Gasteiger partial charge < -0.3 is 4.74 Å². The molecule has 0 aliphatic heterocycles. The van der Waals surface area contributed by atoms with Crippen LogP contribution in [0.4, 0.5) is 13.2 Å². The van der Waals surface area contributed by atoms with E-state index in [9.17, 15) is 13.2 Å². The second kappa shape index (κ2) is 5.48. The van der Waals surface area contributed by atoms with Crippen molar-refractivity contribution >= 4 is 26.8 Å². The molecule has 0 unspecified atom stereocenters. The SMILES string of the molecule is FC(F)(F)c1ncc2c(Oc3ncc(Br)cn3)cccc2n1. The third kappa shape index (κ3) is 2.98. The maximum Gasteiger partial charge on any atom is 0.451 e. The number of halogens is 4. The van der Waals surface area contributed by atoms with Crippen LogP contribution in [-0.2, 0) is 6.18 Å². The molecule has 0 saturated heterocycles. The first-order valence-electron chi connectivity index (χ1n) is 5.92. The lowest BCUT2D eigenvalue weighted by molar-refractivity contribution is -0.144. The van der Waals surface area contributed by atoms with Crippen LogP contribution in [0.5, 0.6) is 11.8 Å². The third-order valence-corrected chi connectivity index (χ3v) is 3.05. The number of rotatable bonds is 2. The summed E-state index contributed by atoms with van der Waals surface area (Å²) in [6, 6.07) is 4.62. The first-order valence-corrected chi connectivity index (χ1v) is 6.71. The van der Waals surface area contributed by atoms with Crippen molar-refractivity contribution in [2.75, 3.05) is 0 Å². The van der Waals surface area contributed by atoms with E-state index in [0.717, 1.165) is 6.20 Å². The quantitative estimate of drug-likeness (QED) is 0.682. The minimum Gasteiger partial charge on any atom is -0.424 e. The molecule has 3 aromatic rings. The minimum atomic E-state index is -4.60. The Bertz CT molecular complexity index is 824. The van der Waals surface area contributed by atoms with Crippen LogP contribution in [0.25, 0.3) is 10.9 Å². The number of hydrogen-bond acceptors (Lipinski definition) is 5. The molecule has 112 valence electrons. The van der Waals surface area contributed by atoms with Gasteiger partial charge in [0.2, 0.25) is 5.82 Å². The summed E-state index contributed by atoms with van der Waals surface area (Å²) in [5.74, 6) is -0.925. The van der Waals surface area contributed by atoms with Crippen molar-refractivity contribution in [2.24, 2.45) is 0 Å². The van der Waals surface area contributed by atoms with Crippen LogP contribution >= 0.6 is 15.9 Å². The fourth-order valence-electron chi connectivity index (χ4n) is 1.71. The van der Waals surface area contributed by atoms with E-state index in [1.807, 2.05) is 0 Å². The van der Waals surface area contributed by atoms with Crippen molar-refractivity contribution in [3.8, 4) is 11.8 Å². The largest absolute Gasteiger partial charge is 0.451 e. The van der Waals surface area contributed by atoms with Gasteiger partial charge in [-0.3, -0.25) is 0 Å². The standard InChI is InChI=1S/C13H6BrF3N4O/c14-7-4-19-12(20-5-7)22-10-3-1-2-9-8(10)6-18-11(21-9)13(15,16)17/h1-6H. The number of nitrogens with zero attached hydrogens (tertiary/aromatic N) is 4. The molecule has 3 rings (SSSR count). The average Bonchev–Trinajstić information content (AvgIpc) is 2.48. The summed E-state index contributed by atoms with van der Waals surface area (Å²) in [5, 5.41) is 0.335. The first-order chi connectivity index (χ1) is 10.4. The van der Waals surface area contributed by atoms with E-state index in [1.165, 1.54) is 24.5 Å². The van der Waals surface area contributed by atoms with Gasteiger partial charge in [0.25, 0.3) is 0 Å². The van der Waals surface area contributed by atoms with Crippen molar-refractivity contribution in [3.05, 3.63) is 47.1 Å². The number of benzene rings is 1. The van der Waals surface area contributed by atoms with Gasteiger partial charge in [-0.25, -0.2) is 19.9 Å². The second-order valence-corrected chi connectivity index (χ2v) is 5.08. The molecule has 22 heavy (non-hydrogen) atoms. The molecule has 0 spiro atoms. The minimum absolute atomic E-state index is 0.0654. The predicted octanol–water partition coefficient (Wildman–Crippen LogP) is 3.99. The predicted molar refractivity (Wildman–Crippen MR) is 74.3 cm³/mol. The van der Waals surface area contributed by atoms with Crippen LogP contribution in [-0.4, -0.2) is 19.9 Å². The first kappa shape index (κ1) is 14.6. The second-order valence-electron chi connectivity index (χ2n) is 4.17. The van der Waals surface area contributed by atoms with Gasteiger partial charge in [-0.05, 0) is 28.1 Å². The molecule has 0 saturated carbocycles. The van der Waals surface area contributed by atoms with Crippen molar-refractivity contribution in [1.82, 2.24) is 19.9 Å². The highest BCUT2D eigenvalue weighted by Gasteiger charge is 2.34. The molecule has 2 aromatic heterocycles. The van der Waals surface area contributed by atoms with Crippen molar-refractivity contribution in [3.63, 3.8) is 0 Å². The van der Waals surface area contributed by atoms with Gasteiger partial charge in [0.15, 0.2) is 0 Å². The zero-order chi connectivity index (χ0) is 15.7. The molecule has 0 bridgehead atoms. The highest BCUT2D eigenvalue weighted by Crippen LogP contribution is 2.31. The summed E-state index contributed by atoms with van der Waals surface area (Å²) in [6.45, 7) is 0. The van der Waals surface area contributed by atoms with E-state index in [4.69, 9.17) is 4.74 Å². The molecular formula is C13H6BrF3N4O. The Balaban J connectivity index is 2.02. The lowest BCUT2D eigenvalue weighted by atomic mass is 10.2. The van der Waals surface area contributed by atoms with E-state index in [1.54, 1.807) is 6.07 Å². The molecule has 0 N–H and O–H groups in total. The zero-order valence-corrected chi connectivity index (χ0v) is 12.3. The number of hydrogen-bond donors (Lipinski definition) is 0. The Hall–Kier alpha value is -2.29. The molecule has 2 heterocycles. The molecular weight excluding hydrogens is 365 g/mol. The number of aromatic nitrogens is 4. The number of ether oxygens (including phenoxy) is 1. The summed E-state index contributed by atoms with van der Waals surface area (Å²) >= 11 is 3.19. The average molecular weight is 371 g/mol. The Kier molecular flexibility index (Phi) is 3.65. The van der Waals surface area contributed by atoms with Crippen LogP contribution in [0.1, 0.15) is 5.82 Å². The van der Waals surface area contributed by atoms with Gasteiger partial charge in [-0.1, -0.05) is 6.07 Å². The van der Waals surface area contributed by atoms with E-state index >= 15 is 0 Å². The highest BCUT2D eigenvalue weighted by molar-refractivity contribution is 9.10. The number of fused-ring (bicyclic) bond motifs is 1. The molecule has 9 heteroatoms. The summed E-state index contributed by atoms with van der Waals surface area (Å²) in [6.07, 6.45) is -0.545. The smallest absolute Gasteiger partial charge is 0.424 e. The van der Waals surface area contributed by atoms with Gasteiger partial charge in [-0.2, -0.15) is 13.2 Å². The molecule has 1 aromatic carbocycles. The summed E-state index contributed by atoms with van der Waals surface area (Å²) in [4.78, 5) is 14.7. The molecule has 0 aliphatic rings. The van der Waals surface area contributed by atoms with Crippen LogP contribution < -0.4 is 4.74 Å². The zero-order valence-electron chi connectivity index (χ0n) is 10.7. The Morgan fingerprint density at radius 1 is 1.00 bits per heavy atom. The van der Waals surface area contributed by atoms with Crippen molar-refractivity contribution in [1.29, 1.82) is 0 Å². The van der Waals surface area contributed by atoms with Crippen LogP contribution in [0.2, 0.25) is 0 Å². The monoisotopic (exact) mass is 370 g/mol. The molecule has 0 aliphatic carbocycles. The molecule has 0 amide bonds. The van der Waals surface area contributed by atoms with E-state index in [-0.39, 0.29) is 17.3 Å². The van der Waals surface area contributed by atoms with Gasteiger partial charge in [0.1, 0.15) is 5.75 Å².